The van der Waals surface area contributed by atoms with E-state index < -0.39 is 0 Å². The van der Waals surface area contributed by atoms with Gasteiger partial charge in [0.2, 0.25) is 0 Å². The predicted octanol–water partition coefficient (Wildman–Crippen LogP) is 2.99. The van der Waals surface area contributed by atoms with Gasteiger partial charge in [-0.05, 0) is 43.6 Å². The van der Waals surface area contributed by atoms with E-state index in [-0.39, 0.29) is 24.7 Å². The summed E-state index contributed by atoms with van der Waals surface area (Å²) < 4.78 is 0. The van der Waals surface area contributed by atoms with Crippen molar-refractivity contribution in [1.82, 2.24) is 10.6 Å². The number of nitrogens with one attached hydrogen (secondary N) is 2. The van der Waals surface area contributed by atoms with Gasteiger partial charge >= 0.3 is 6.03 Å². The number of hydrogen-bond donors (Lipinski definition) is 3. The zero-order valence-corrected chi connectivity index (χ0v) is 12.7. The fraction of sp³-hybridized carbons (Fsp3) is 0.588. The minimum atomic E-state index is -0.140. The molecule has 2 rings (SSSR count). The average Bonchev–Trinajstić information content (AvgIpc) is 2.50. The summed E-state index contributed by atoms with van der Waals surface area (Å²) in [6.45, 7) is 2.32. The Balaban J connectivity index is 1.86. The highest BCUT2D eigenvalue weighted by molar-refractivity contribution is 5.74. The van der Waals surface area contributed by atoms with Gasteiger partial charge in [-0.3, -0.25) is 0 Å². The van der Waals surface area contributed by atoms with Crippen LogP contribution >= 0.6 is 0 Å². The number of aliphatic hydroxyl groups is 1. The molecule has 1 fully saturated rings. The van der Waals surface area contributed by atoms with Crippen LogP contribution in [0, 0.1) is 5.92 Å². The smallest absolute Gasteiger partial charge is 0.315 e. The molecule has 1 aromatic carbocycles. The fourth-order valence-corrected chi connectivity index (χ4v) is 2.93. The van der Waals surface area contributed by atoms with Gasteiger partial charge in [-0.15, -0.1) is 0 Å². The van der Waals surface area contributed by atoms with Crippen molar-refractivity contribution >= 4 is 6.03 Å². The molecule has 0 bridgehead atoms. The molecule has 0 radical (unpaired) electrons. The number of rotatable bonds is 5. The van der Waals surface area contributed by atoms with Gasteiger partial charge in [0, 0.05) is 12.6 Å². The van der Waals surface area contributed by atoms with Crippen LogP contribution in [0.4, 0.5) is 4.79 Å². The first kappa shape index (κ1) is 15.8. The van der Waals surface area contributed by atoms with Crippen LogP contribution in [0.15, 0.2) is 30.3 Å². The molecule has 4 nitrogen and oxygen atoms in total. The van der Waals surface area contributed by atoms with E-state index in [0.717, 1.165) is 24.3 Å². The van der Waals surface area contributed by atoms with Gasteiger partial charge in [0.15, 0.2) is 0 Å². The summed E-state index contributed by atoms with van der Waals surface area (Å²) in [6.07, 6.45) is 5.02. The zero-order valence-electron chi connectivity index (χ0n) is 12.7. The number of hydrogen-bond acceptors (Lipinski definition) is 2. The Morgan fingerprint density at radius 2 is 1.90 bits per heavy atom. The molecule has 0 unspecified atom stereocenters. The van der Waals surface area contributed by atoms with Crippen molar-refractivity contribution in [1.29, 1.82) is 0 Å². The summed E-state index contributed by atoms with van der Waals surface area (Å²) in [5.41, 5.74) is 1.03. The molecule has 1 saturated carbocycles. The quantitative estimate of drug-likeness (QED) is 0.780. The van der Waals surface area contributed by atoms with E-state index in [0.29, 0.717) is 6.42 Å². The van der Waals surface area contributed by atoms with Crippen LogP contribution < -0.4 is 10.6 Å². The second-order valence-electron chi connectivity index (χ2n) is 6.05. The van der Waals surface area contributed by atoms with E-state index in [1.54, 1.807) is 0 Å². The molecule has 1 atom stereocenters. The van der Waals surface area contributed by atoms with Gasteiger partial charge in [-0.25, -0.2) is 4.79 Å². The number of amides is 2. The lowest BCUT2D eigenvalue weighted by atomic mass is 9.87. The Morgan fingerprint density at radius 3 is 2.52 bits per heavy atom. The number of carbonyl (C=O) groups excluding carboxylic acids is 1. The third-order valence-corrected chi connectivity index (χ3v) is 4.28. The van der Waals surface area contributed by atoms with Crippen molar-refractivity contribution in [2.45, 2.75) is 51.1 Å². The molecule has 0 saturated heterocycles. The summed E-state index contributed by atoms with van der Waals surface area (Å²) in [4.78, 5) is 12.1. The molecule has 21 heavy (non-hydrogen) atoms. The second-order valence-corrected chi connectivity index (χ2v) is 6.05. The average molecular weight is 290 g/mol. The lowest BCUT2D eigenvalue weighted by Crippen LogP contribution is -2.44. The Labute approximate surface area is 126 Å². The lowest BCUT2D eigenvalue weighted by Gasteiger charge is -2.28. The summed E-state index contributed by atoms with van der Waals surface area (Å²) in [6, 6.07) is 9.81. The highest BCUT2D eigenvalue weighted by atomic mass is 16.3. The molecule has 2 amide bonds. The van der Waals surface area contributed by atoms with Crippen molar-refractivity contribution < 1.29 is 9.90 Å². The van der Waals surface area contributed by atoms with Crippen LogP contribution in [-0.2, 0) is 0 Å². The number of carbonyl (C=O) groups is 1. The topological polar surface area (TPSA) is 61.4 Å². The van der Waals surface area contributed by atoms with E-state index in [1.807, 2.05) is 30.3 Å². The number of urea groups is 1. The maximum atomic E-state index is 12.1. The summed E-state index contributed by atoms with van der Waals surface area (Å²) in [5.74, 6) is 0.776. The zero-order chi connectivity index (χ0) is 15.1. The van der Waals surface area contributed by atoms with Gasteiger partial charge < -0.3 is 15.7 Å². The molecule has 0 spiro atoms. The van der Waals surface area contributed by atoms with Gasteiger partial charge in [0.25, 0.3) is 0 Å². The molecule has 0 aliphatic heterocycles. The molecular formula is C17H26N2O2. The van der Waals surface area contributed by atoms with Gasteiger partial charge in [0.05, 0.1) is 6.04 Å². The summed E-state index contributed by atoms with van der Waals surface area (Å²) in [7, 11) is 0. The largest absolute Gasteiger partial charge is 0.396 e. The fourth-order valence-electron chi connectivity index (χ4n) is 2.93. The molecule has 4 heteroatoms. The molecule has 0 heterocycles. The normalized spacial score (nSPS) is 23.3. The first-order valence-corrected chi connectivity index (χ1v) is 7.92. The van der Waals surface area contributed by atoms with E-state index in [1.165, 1.54) is 12.8 Å². The first-order chi connectivity index (χ1) is 10.2. The standard InChI is InChI=1S/C17H26N2O2/c1-13-7-9-15(10-8-13)18-17(21)19-16(11-12-20)14-5-3-2-4-6-14/h2-6,13,15-16,20H,7-12H2,1H3,(H2,18,19,21)/t13?,15?,16-/m1/s1. The maximum Gasteiger partial charge on any atom is 0.315 e. The minimum absolute atomic E-state index is 0.0563. The van der Waals surface area contributed by atoms with Crippen LogP contribution in [0.25, 0.3) is 0 Å². The van der Waals surface area contributed by atoms with Crippen molar-refractivity contribution in [2.24, 2.45) is 5.92 Å². The van der Waals surface area contributed by atoms with Gasteiger partial charge in [-0.2, -0.15) is 0 Å². The Morgan fingerprint density at radius 1 is 1.24 bits per heavy atom. The first-order valence-electron chi connectivity index (χ1n) is 7.92. The minimum Gasteiger partial charge on any atom is -0.396 e. The maximum absolute atomic E-state index is 12.1. The third-order valence-electron chi connectivity index (χ3n) is 4.28. The van der Waals surface area contributed by atoms with Crippen LogP contribution in [-0.4, -0.2) is 23.8 Å². The van der Waals surface area contributed by atoms with E-state index in [2.05, 4.69) is 17.6 Å². The Kier molecular flexibility index (Phi) is 6.05. The van der Waals surface area contributed by atoms with Crippen LogP contribution in [0.5, 0.6) is 0 Å². The number of aliphatic hydroxyl groups excluding tert-OH is 1. The molecule has 0 aromatic heterocycles. The highest BCUT2D eigenvalue weighted by Gasteiger charge is 2.21. The van der Waals surface area contributed by atoms with E-state index >= 15 is 0 Å². The van der Waals surface area contributed by atoms with Crippen LogP contribution in [0.3, 0.4) is 0 Å². The van der Waals surface area contributed by atoms with Crippen molar-refractivity contribution in [3.05, 3.63) is 35.9 Å². The molecular weight excluding hydrogens is 264 g/mol. The predicted molar refractivity (Wildman–Crippen MR) is 84.0 cm³/mol. The molecule has 1 aromatic rings. The number of benzene rings is 1. The summed E-state index contributed by atoms with van der Waals surface area (Å²) >= 11 is 0. The van der Waals surface area contributed by atoms with E-state index in [9.17, 15) is 9.90 Å². The molecule has 1 aliphatic carbocycles. The SMILES string of the molecule is CC1CCC(NC(=O)N[C@H](CCO)c2ccccc2)CC1. The molecule has 1 aliphatic rings. The van der Waals surface area contributed by atoms with Gasteiger partial charge in [0.1, 0.15) is 0 Å². The highest BCUT2D eigenvalue weighted by Crippen LogP contribution is 2.23. The monoisotopic (exact) mass is 290 g/mol. The van der Waals surface area contributed by atoms with Gasteiger partial charge in [-0.1, -0.05) is 37.3 Å². The summed E-state index contributed by atoms with van der Waals surface area (Å²) in [5, 5.41) is 15.2. The van der Waals surface area contributed by atoms with E-state index in [4.69, 9.17) is 0 Å². The van der Waals surface area contributed by atoms with Crippen molar-refractivity contribution in [2.75, 3.05) is 6.61 Å². The van der Waals surface area contributed by atoms with Crippen molar-refractivity contribution in [3.8, 4) is 0 Å². The Hall–Kier alpha value is -1.55. The third kappa shape index (κ3) is 5.05. The van der Waals surface area contributed by atoms with Crippen molar-refractivity contribution in [3.63, 3.8) is 0 Å². The Bertz CT molecular complexity index is 428. The second kappa shape index (κ2) is 8.03. The molecule has 3 N–H and O–H groups in total. The van der Waals surface area contributed by atoms with Crippen LogP contribution in [0.1, 0.15) is 50.6 Å². The lowest BCUT2D eigenvalue weighted by molar-refractivity contribution is 0.219. The van der Waals surface area contributed by atoms with Crippen LogP contribution in [0.2, 0.25) is 0 Å². The molecule has 116 valence electrons.